The number of piperidine rings is 1. The van der Waals surface area contributed by atoms with E-state index >= 15 is 0 Å². The topological polar surface area (TPSA) is 49.6 Å². The highest BCUT2D eigenvalue weighted by atomic mass is 16.2. The first-order valence-corrected chi connectivity index (χ1v) is 7.38. The van der Waals surface area contributed by atoms with E-state index in [1.807, 2.05) is 4.90 Å². The zero-order chi connectivity index (χ0) is 13.0. The van der Waals surface area contributed by atoms with Gasteiger partial charge in [0.25, 0.3) is 0 Å². The van der Waals surface area contributed by atoms with Crippen molar-refractivity contribution in [2.75, 3.05) is 33.2 Å². The monoisotopic (exact) mass is 253 g/mol. The fraction of sp³-hybridized carbons (Fsp3) is 0.929. The summed E-state index contributed by atoms with van der Waals surface area (Å²) < 4.78 is 0. The normalized spacial score (nSPS) is 22.3. The molecule has 2 N–H and O–H groups in total. The molecule has 1 heterocycles. The summed E-state index contributed by atoms with van der Waals surface area (Å²) in [4.78, 5) is 16.5. The van der Waals surface area contributed by atoms with Crippen LogP contribution >= 0.6 is 0 Å². The number of nitrogens with two attached hydrogens (primary N) is 1. The molecule has 1 aliphatic heterocycles. The fourth-order valence-corrected chi connectivity index (χ4v) is 2.75. The molecule has 18 heavy (non-hydrogen) atoms. The SMILES string of the molecule is CN(CC1CC1)C(CN)CC(=O)N1CCCCC1. The molecule has 2 rings (SSSR count). The van der Waals surface area contributed by atoms with E-state index in [1.54, 1.807) is 0 Å². The first-order valence-electron chi connectivity index (χ1n) is 7.38. The van der Waals surface area contributed by atoms with Crippen molar-refractivity contribution >= 4 is 5.91 Å². The average Bonchev–Trinajstić information content (AvgIpc) is 3.20. The van der Waals surface area contributed by atoms with Crippen LogP contribution in [0.5, 0.6) is 0 Å². The van der Waals surface area contributed by atoms with Crippen LogP contribution in [-0.4, -0.2) is 55.0 Å². The van der Waals surface area contributed by atoms with Gasteiger partial charge in [-0.2, -0.15) is 0 Å². The minimum absolute atomic E-state index is 0.222. The van der Waals surface area contributed by atoms with Crippen LogP contribution < -0.4 is 5.73 Å². The Labute approximate surface area is 110 Å². The van der Waals surface area contributed by atoms with Gasteiger partial charge in [0.15, 0.2) is 0 Å². The van der Waals surface area contributed by atoms with Gasteiger partial charge in [-0.3, -0.25) is 4.79 Å². The van der Waals surface area contributed by atoms with Gasteiger partial charge in [0.1, 0.15) is 0 Å². The van der Waals surface area contributed by atoms with E-state index in [1.165, 1.54) is 19.3 Å². The van der Waals surface area contributed by atoms with Crippen LogP contribution in [0.25, 0.3) is 0 Å². The van der Waals surface area contributed by atoms with Crippen LogP contribution in [0.4, 0.5) is 0 Å². The minimum Gasteiger partial charge on any atom is -0.343 e. The van der Waals surface area contributed by atoms with Gasteiger partial charge in [-0.05, 0) is 45.1 Å². The summed E-state index contributed by atoms with van der Waals surface area (Å²) >= 11 is 0. The Morgan fingerprint density at radius 3 is 2.56 bits per heavy atom. The number of likely N-dealkylation sites (tertiary alicyclic amines) is 1. The van der Waals surface area contributed by atoms with Crippen LogP contribution in [0.1, 0.15) is 38.5 Å². The summed E-state index contributed by atoms with van der Waals surface area (Å²) in [6, 6.07) is 0.222. The highest BCUT2D eigenvalue weighted by molar-refractivity contribution is 5.76. The standard InChI is InChI=1S/C14H27N3O/c1-16(11-12-5-6-12)13(10-15)9-14(18)17-7-3-2-4-8-17/h12-13H,2-11,15H2,1H3. The van der Waals surface area contributed by atoms with Gasteiger partial charge in [0.05, 0.1) is 0 Å². The zero-order valence-corrected chi connectivity index (χ0v) is 11.6. The maximum atomic E-state index is 12.2. The van der Waals surface area contributed by atoms with Crippen LogP contribution in [0, 0.1) is 5.92 Å². The number of hydrogen-bond donors (Lipinski definition) is 1. The van der Waals surface area contributed by atoms with Gasteiger partial charge in [-0.15, -0.1) is 0 Å². The number of amides is 1. The molecule has 0 radical (unpaired) electrons. The third-order valence-electron chi connectivity index (χ3n) is 4.26. The Balaban J connectivity index is 1.78. The van der Waals surface area contributed by atoms with E-state index < -0.39 is 0 Å². The molecule has 4 nitrogen and oxygen atoms in total. The van der Waals surface area contributed by atoms with Gasteiger partial charge < -0.3 is 15.5 Å². The van der Waals surface area contributed by atoms with E-state index in [2.05, 4.69) is 11.9 Å². The highest BCUT2D eigenvalue weighted by Gasteiger charge is 2.27. The second kappa shape index (κ2) is 6.53. The van der Waals surface area contributed by atoms with Gasteiger partial charge in [0, 0.05) is 38.6 Å². The molecule has 2 aliphatic rings. The van der Waals surface area contributed by atoms with Crippen molar-refractivity contribution in [1.82, 2.24) is 9.80 Å². The molecule has 4 heteroatoms. The minimum atomic E-state index is 0.222. The number of carbonyl (C=O) groups is 1. The lowest BCUT2D eigenvalue weighted by Gasteiger charge is -2.31. The lowest BCUT2D eigenvalue weighted by atomic mass is 10.1. The first-order chi connectivity index (χ1) is 8.70. The van der Waals surface area contributed by atoms with Crippen molar-refractivity contribution in [1.29, 1.82) is 0 Å². The van der Waals surface area contributed by atoms with E-state index in [-0.39, 0.29) is 6.04 Å². The van der Waals surface area contributed by atoms with Crippen molar-refractivity contribution in [3.8, 4) is 0 Å². The predicted molar refractivity (Wildman–Crippen MR) is 73.2 cm³/mol. The largest absolute Gasteiger partial charge is 0.343 e. The van der Waals surface area contributed by atoms with Gasteiger partial charge >= 0.3 is 0 Å². The quantitative estimate of drug-likeness (QED) is 0.770. The number of likely N-dealkylation sites (N-methyl/N-ethyl adjacent to an activating group) is 1. The maximum absolute atomic E-state index is 12.2. The van der Waals surface area contributed by atoms with Crippen molar-refractivity contribution < 1.29 is 4.79 Å². The number of rotatable bonds is 6. The highest BCUT2D eigenvalue weighted by Crippen LogP contribution is 2.30. The Hall–Kier alpha value is -0.610. The Morgan fingerprint density at radius 1 is 1.33 bits per heavy atom. The van der Waals surface area contributed by atoms with Crippen LogP contribution in [-0.2, 0) is 4.79 Å². The lowest BCUT2D eigenvalue weighted by molar-refractivity contribution is -0.133. The Morgan fingerprint density at radius 2 is 2.00 bits per heavy atom. The fourth-order valence-electron chi connectivity index (χ4n) is 2.75. The molecular weight excluding hydrogens is 226 g/mol. The maximum Gasteiger partial charge on any atom is 0.224 e. The van der Waals surface area contributed by atoms with Gasteiger partial charge in [0.2, 0.25) is 5.91 Å². The third kappa shape index (κ3) is 3.95. The summed E-state index contributed by atoms with van der Waals surface area (Å²) in [6.07, 6.45) is 6.89. The van der Waals surface area contributed by atoms with Crippen LogP contribution in [0.2, 0.25) is 0 Å². The smallest absolute Gasteiger partial charge is 0.224 e. The van der Waals surface area contributed by atoms with Crippen LogP contribution in [0.15, 0.2) is 0 Å². The summed E-state index contributed by atoms with van der Waals surface area (Å²) in [5, 5.41) is 0. The first kappa shape index (κ1) is 13.8. The second-order valence-corrected chi connectivity index (χ2v) is 5.92. The molecule has 2 fully saturated rings. The summed E-state index contributed by atoms with van der Waals surface area (Å²) in [6.45, 7) is 3.59. The predicted octanol–water partition coefficient (Wildman–Crippen LogP) is 1.06. The second-order valence-electron chi connectivity index (χ2n) is 5.92. The van der Waals surface area contributed by atoms with Gasteiger partial charge in [-0.25, -0.2) is 0 Å². The molecule has 1 aliphatic carbocycles. The molecule has 0 spiro atoms. The molecule has 0 aromatic carbocycles. The summed E-state index contributed by atoms with van der Waals surface area (Å²) in [5.41, 5.74) is 5.84. The Bertz CT molecular complexity index is 272. The molecule has 0 aromatic heterocycles. The van der Waals surface area contributed by atoms with E-state index in [9.17, 15) is 4.79 Å². The van der Waals surface area contributed by atoms with E-state index in [0.29, 0.717) is 18.9 Å². The molecule has 1 saturated heterocycles. The molecule has 0 bridgehead atoms. The molecule has 1 saturated carbocycles. The number of nitrogens with zero attached hydrogens (tertiary/aromatic N) is 2. The van der Waals surface area contributed by atoms with E-state index in [4.69, 9.17) is 5.73 Å². The van der Waals surface area contributed by atoms with Crippen molar-refractivity contribution in [2.24, 2.45) is 11.7 Å². The molecule has 0 aromatic rings. The number of carbonyl (C=O) groups excluding carboxylic acids is 1. The lowest BCUT2D eigenvalue weighted by Crippen LogP contribution is -2.44. The molecule has 1 unspecified atom stereocenters. The summed E-state index contributed by atoms with van der Waals surface area (Å²) in [7, 11) is 2.11. The average molecular weight is 253 g/mol. The summed E-state index contributed by atoms with van der Waals surface area (Å²) in [5.74, 6) is 1.15. The molecule has 1 atom stereocenters. The van der Waals surface area contributed by atoms with Crippen molar-refractivity contribution in [2.45, 2.75) is 44.6 Å². The van der Waals surface area contributed by atoms with Crippen LogP contribution in [0.3, 0.4) is 0 Å². The molecular formula is C14H27N3O. The Kier molecular flexibility index (Phi) is 5.01. The third-order valence-corrected chi connectivity index (χ3v) is 4.26. The molecule has 1 amide bonds. The van der Waals surface area contributed by atoms with Crippen molar-refractivity contribution in [3.05, 3.63) is 0 Å². The number of hydrogen-bond acceptors (Lipinski definition) is 3. The zero-order valence-electron chi connectivity index (χ0n) is 11.6. The van der Waals surface area contributed by atoms with E-state index in [0.717, 1.165) is 38.4 Å². The van der Waals surface area contributed by atoms with Gasteiger partial charge in [-0.1, -0.05) is 0 Å². The molecule has 104 valence electrons. The van der Waals surface area contributed by atoms with Crippen molar-refractivity contribution in [3.63, 3.8) is 0 Å².